The highest BCUT2D eigenvalue weighted by Gasteiger charge is 2.09. The number of hydrogen-bond acceptors (Lipinski definition) is 4. The van der Waals surface area contributed by atoms with Crippen LogP contribution in [-0.4, -0.2) is 23.8 Å². The lowest BCUT2D eigenvalue weighted by atomic mass is 10.0. The highest BCUT2D eigenvalue weighted by atomic mass is 32.2. The molecule has 0 unspecified atom stereocenters. The first-order valence-electron chi connectivity index (χ1n) is 5.32. The molecule has 0 radical (unpaired) electrons. The minimum Gasteiger partial charge on any atom is -0.507 e. The van der Waals surface area contributed by atoms with Crippen molar-refractivity contribution < 1.29 is 18.1 Å². The molecule has 0 spiro atoms. The van der Waals surface area contributed by atoms with Crippen LogP contribution >= 0.6 is 0 Å². The number of phenolic OH excluding ortho intramolecular Hbond substituents is 1. The van der Waals surface area contributed by atoms with Crippen LogP contribution in [0.25, 0.3) is 10.8 Å². The van der Waals surface area contributed by atoms with Gasteiger partial charge in [0.25, 0.3) is 10.1 Å². The lowest BCUT2D eigenvalue weighted by Gasteiger charge is -2.07. The Morgan fingerprint density at radius 2 is 1.94 bits per heavy atom. The minimum absolute atomic E-state index is 0.0101. The van der Waals surface area contributed by atoms with Crippen LogP contribution in [0.4, 0.5) is 5.69 Å². The van der Waals surface area contributed by atoms with E-state index in [-0.39, 0.29) is 17.9 Å². The Kier molecular flexibility index (Phi) is 3.14. The molecule has 0 aliphatic heterocycles. The lowest BCUT2D eigenvalue weighted by Crippen LogP contribution is -2.06. The molecule has 2 aromatic carbocycles. The maximum absolute atomic E-state index is 10.7. The summed E-state index contributed by atoms with van der Waals surface area (Å²) in [5.41, 5.74) is 6.85. The van der Waals surface area contributed by atoms with E-state index in [1.165, 1.54) is 6.07 Å². The third-order valence-electron chi connectivity index (χ3n) is 2.70. The van der Waals surface area contributed by atoms with Crippen LogP contribution in [0.15, 0.2) is 30.3 Å². The zero-order valence-electron chi connectivity index (χ0n) is 9.50. The molecule has 0 atom stereocenters. The Labute approximate surface area is 105 Å². The van der Waals surface area contributed by atoms with E-state index in [0.29, 0.717) is 16.6 Å². The molecule has 18 heavy (non-hydrogen) atoms. The molecule has 0 aliphatic carbocycles. The number of anilines is 1. The van der Waals surface area contributed by atoms with E-state index >= 15 is 0 Å². The van der Waals surface area contributed by atoms with Crippen molar-refractivity contribution in [1.82, 2.24) is 0 Å². The molecule has 0 aromatic heterocycles. The lowest BCUT2D eigenvalue weighted by molar-refractivity contribution is 0.478. The number of fused-ring (bicyclic) bond motifs is 1. The molecular weight excluding hydrogens is 254 g/mol. The van der Waals surface area contributed by atoms with E-state index in [0.717, 1.165) is 5.39 Å². The van der Waals surface area contributed by atoms with Crippen molar-refractivity contribution in [3.63, 3.8) is 0 Å². The SMILES string of the molecule is Nc1cccc2cc(CCS(=O)(=O)O)cc(O)c12. The van der Waals surface area contributed by atoms with Gasteiger partial charge in [-0.3, -0.25) is 4.55 Å². The predicted octanol–water partition coefficient (Wildman–Crippen LogP) is 1.56. The minimum atomic E-state index is -4.00. The van der Waals surface area contributed by atoms with Gasteiger partial charge in [-0.05, 0) is 29.5 Å². The molecule has 96 valence electrons. The van der Waals surface area contributed by atoms with Crippen LogP contribution in [0.3, 0.4) is 0 Å². The molecule has 0 heterocycles. The summed E-state index contributed by atoms with van der Waals surface area (Å²) in [7, 11) is -4.00. The van der Waals surface area contributed by atoms with Crippen LogP contribution in [0, 0.1) is 0 Å². The predicted molar refractivity (Wildman–Crippen MR) is 70.1 cm³/mol. The molecule has 0 bridgehead atoms. The highest BCUT2D eigenvalue weighted by molar-refractivity contribution is 7.85. The van der Waals surface area contributed by atoms with Gasteiger partial charge in [0.15, 0.2) is 0 Å². The van der Waals surface area contributed by atoms with Crippen LogP contribution < -0.4 is 5.73 Å². The van der Waals surface area contributed by atoms with Gasteiger partial charge in [0.05, 0.1) is 5.75 Å². The first-order valence-corrected chi connectivity index (χ1v) is 6.93. The molecule has 2 aromatic rings. The molecule has 0 aliphatic rings. The van der Waals surface area contributed by atoms with Gasteiger partial charge < -0.3 is 10.8 Å². The second-order valence-corrected chi connectivity index (χ2v) is 5.67. The van der Waals surface area contributed by atoms with Gasteiger partial charge >= 0.3 is 0 Å². The average Bonchev–Trinajstić information content (AvgIpc) is 2.25. The number of nitrogen functional groups attached to an aromatic ring is 1. The second-order valence-electron chi connectivity index (χ2n) is 4.10. The normalized spacial score (nSPS) is 11.8. The molecule has 0 fully saturated rings. The summed E-state index contributed by atoms with van der Waals surface area (Å²) in [6.07, 6.45) is 0.136. The van der Waals surface area contributed by atoms with Gasteiger partial charge in [0.1, 0.15) is 5.75 Å². The summed E-state index contributed by atoms with van der Waals surface area (Å²) < 4.78 is 30.1. The highest BCUT2D eigenvalue weighted by Crippen LogP contribution is 2.31. The molecule has 0 saturated carbocycles. The van der Waals surface area contributed by atoms with E-state index in [2.05, 4.69) is 0 Å². The van der Waals surface area contributed by atoms with Crippen LogP contribution in [0.1, 0.15) is 5.56 Å². The third kappa shape index (κ3) is 2.72. The van der Waals surface area contributed by atoms with E-state index in [1.54, 1.807) is 24.3 Å². The number of rotatable bonds is 3. The second kappa shape index (κ2) is 4.47. The number of phenols is 1. The van der Waals surface area contributed by atoms with Gasteiger partial charge in [0, 0.05) is 11.1 Å². The number of hydrogen-bond donors (Lipinski definition) is 3. The first-order chi connectivity index (χ1) is 8.37. The first kappa shape index (κ1) is 12.7. The summed E-state index contributed by atoms with van der Waals surface area (Å²) in [6, 6.07) is 8.42. The third-order valence-corrected chi connectivity index (χ3v) is 3.42. The van der Waals surface area contributed by atoms with Crippen molar-refractivity contribution in [2.24, 2.45) is 0 Å². The fourth-order valence-electron chi connectivity index (χ4n) is 1.89. The monoisotopic (exact) mass is 267 g/mol. The van der Waals surface area contributed by atoms with Crippen LogP contribution in [0.2, 0.25) is 0 Å². The summed E-state index contributed by atoms with van der Waals surface area (Å²) in [5, 5.41) is 11.2. The van der Waals surface area contributed by atoms with Gasteiger partial charge in [-0.25, -0.2) is 0 Å². The molecular formula is C12H13NO4S. The fourth-order valence-corrected chi connectivity index (χ4v) is 2.38. The Bertz CT molecular complexity index is 695. The summed E-state index contributed by atoms with van der Waals surface area (Å²) in [5.74, 6) is -0.365. The standard InChI is InChI=1S/C12H13NO4S/c13-10-3-1-2-9-6-8(4-5-18(15,16)17)7-11(14)12(9)10/h1-3,6-7,14H,4-5,13H2,(H,15,16,17). The Morgan fingerprint density at radius 1 is 1.22 bits per heavy atom. The van der Waals surface area contributed by atoms with Crippen molar-refractivity contribution in [3.05, 3.63) is 35.9 Å². The summed E-state index contributed by atoms with van der Waals surface area (Å²) in [4.78, 5) is 0. The fraction of sp³-hybridized carbons (Fsp3) is 0.167. The van der Waals surface area contributed by atoms with E-state index in [9.17, 15) is 13.5 Å². The number of nitrogens with two attached hydrogens (primary N) is 1. The van der Waals surface area contributed by atoms with Crippen LogP contribution in [0.5, 0.6) is 5.75 Å². The van der Waals surface area contributed by atoms with Crippen molar-refractivity contribution in [1.29, 1.82) is 0 Å². The number of aromatic hydroxyl groups is 1. The quantitative estimate of drug-likeness (QED) is 0.578. The number of aryl methyl sites for hydroxylation is 1. The number of benzene rings is 2. The van der Waals surface area contributed by atoms with Crippen LogP contribution in [-0.2, 0) is 16.5 Å². The van der Waals surface area contributed by atoms with E-state index in [1.807, 2.05) is 0 Å². The van der Waals surface area contributed by atoms with E-state index < -0.39 is 10.1 Å². The van der Waals surface area contributed by atoms with Gasteiger partial charge in [-0.2, -0.15) is 8.42 Å². The summed E-state index contributed by atoms with van der Waals surface area (Å²) in [6.45, 7) is 0. The van der Waals surface area contributed by atoms with Crippen molar-refractivity contribution in [3.8, 4) is 5.75 Å². The van der Waals surface area contributed by atoms with E-state index in [4.69, 9.17) is 10.3 Å². The van der Waals surface area contributed by atoms with Crippen molar-refractivity contribution >= 4 is 26.6 Å². The largest absolute Gasteiger partial charge is 0.507 e. The zero-order valence-corrected chi connectivity index (χ0v) is 10.3. The average molecular weight is 267 g/mol. The molecule has 6 heteroatoms. The van der Waals surface area contributed by atoms with Gasteiger partial charge in [0.2, 0.25) is 0 Å². The maximum Gasteiger partial charge on any atom is 0.265 e. The molecule has 0 saturated heterocycles. The smallest absolute Gasteiger partial charge is 0.265 e. The van der Waals surface area contributed by atoms with Gasteiger partial charge in [-0.15, -0.1) is 0 Å². The van der Waals surface area contributed by atoms with Crippen molar-refractivity contribution in [2.75, 3.05) is 11.5 Å². The molecule has 2 rings (SSSR count). The Hall–Kier alpha value is -1.79. The maximum atomic E-state index is 10.7. The molecule has 4 N–H and O–H groups in total. The topological polar surface area (TPSA) is 101 Å². The molecule has 5 nitrogen and oxygen atoms in total. The molecule has 0 amide bonds. The van der Waals surface area contributed by atoms with Crippen molar-refractivity contribution in [2.45, 2.75) is 6.42 Å². The zero-order chi connectivity index (χ0) is 13.3. The van der Waals surface area contributed by atoms with Gasteiger partial charge in [-0.1, -0.05) is 18.2 Å². The summed E-state index contributed by atoms with van der Waals surface area (Å²) >= 11 is 0. The Morgan fingerprint density at radius 3 is 2.61 bits per heavy atom. The Balaban J connectivity index is 2.44.